The average molecular weight is 323 g/mol. The first-order valence-corrected chi connectivity index (χ1v) is 8.08. The molecule has 2 heterocycles. The summed E-state index contributed by atoms with van der Waals surface area (Å²) in [6, 6.07) is 11.4. The van der Waals surface area contributed by atoms with Gasteiger partial charge in [0.05, 0.1) is 11.3 Å². The van der Waals surface area contributed by atoms with Gasteiger partial charge in [0, 0.05) is 24.3 Å². The molecule has 0 aliphatic carbocycles. The molecule has 0 spiro atoms. The molecule has 1 saturated heterocycles. The van der Waals surface area contributed by atoms with Gasteiger partial charge in [0.15, 0.2) is 0 Å². The number of nitrogens with two attached hydrogens (primary N) is 1. The summed E-state index contributed by atoms with van der Waals surface area (Å²) in [5.41, 5.74) is 9.40. The molecular formula is C19H21N3O2. The van der Waals surface area contributed by atoms with Crippen LogP contribution in [0.15, 0.2) is 36.4 Å². The second kappa shape index (κ2) is 6.43. The maximum atomic E-state index is 12.3. The van der Waals surface area contributed by atoms with Gasteiger partial charge >= 0.3 is 0 Å². The fourth-order valence-corrected chi connectivity index (χ4v) is 3.17. The molecule has 2 N–H and O–H groups in total. The molecule has 1 atom stereocenters. The minimum atomic E-state index is -0.468. The molecule has 2 amide bonds. The van der Waals surface area contributed by atoms with Crippen LogP contribution < -0.4 is 10.6 Å². The van der Waals surface area contributed by atoms with Crippen LogP contribution in [0.1, 0.15) is 33.7 Å². The summed E-state index contributed by atoms with van der Waals surface area (Å²) >= 11 is 0. The van der Waals surface area contributed by atoms with E-state index in [2.05, 4.69) is 4.98 Å². The molecule has 2 aromatic rings. The number of amides is 2. The van der Waals surface area contributed by atoms with Crippen LogP contribution in [0, 0.1) is 19.8 Å². The van der Waals surface area contributed by atoms with E-state index in [0.717, 1.165) is 16.9 Å². The van der Waals surface area contributed by atoms with Crippen LogP contribution >= 0.6 is 0 Å². The third kappa shape index (κ3) is 3.15. The van der Waals surface area contributed by atoms with Crippen LogP contribution in [-0.2, 0) is 11.2 Å². The van der Waals surface area contributed by atoms with E-state index < -0.39 is 5.91 Å². The Balaban J connectivity index is 1.82. The van der Waals surface area contributed by atoms with Gasteiger partial charge in [0.25, 0.3) is 5.91 Å². The number of nitrogens with zero attached hydrogens (tertiary/aromatic N) is 2. The van der Waals surface area contributed by atoms with Crippen molar-refractivity contribution < 1.29 is 9.59 Å². The molecule has 1 aliphatic heterocycles. The van der Waals surface area contributed by atoms with Gasteiger partial charge < -0.3 is 10.6 Å². The molecule has 1 aliphatic rings. The zero-order chi connectivity index (χ0) is 17.3. The molecule has 24 heavy (non-hydrogen) atoms. The molecule has 0 unspecified atom stereocenters. The molecule has 5 nitrogen and oxygen atoms in total. The highest BCUT2D eigenvalue weighted by Crippen LogP contribution is 2.28. The lowest BCUT2D eigenvalue weighted by Gasteiger charge is -2.17. The standard InChI is InChI=1S/C19H21N3O2/c1-12-8-16(19(20)24)17(21-13(12)2)9-14-10-18(23)22(11-14)15-6-4-3-5-7-15/h3-8,14H,9-11H2,1-2H3,(H2,20,24)/t14-/m1/s1. The van der Waals surface area contributed by atoms with E-state index in [9.17, 15) is 9.59 Å². The lowest BCUT2D eigenvalue weighted by molar-refractivity contribution is -0.117. The molecule has 0 bridgehead atoms. The summed E-state index contributed by atoms with van der Waals surface area (Å²) in [6.45, 7) is 4.46. The van der Waals surface area contributed by atoms with Gasteiger partial charge in [-0.2, -0.15) is 0 Å². The molecule has 124 valence electrons. The summed E-state index contributed by atoms with van der Waals surface area (Å²) in [6.07, 6.45) is 1.04. The second-order valence-electron chi connectivity index (χ2n) is 6.36. The van der Waals surface area contributed by atoms with Crippen LogP contribution in [0.25, 0.3) is 0 Å². The van der Waals surface area contributed by atoms with Crippen molar-refractivity contribution in [2.75, 3.05) is 11.4 Å². The molecule has 1 aromatic carbocycles. The Morgan fingerprint density at radius 1 is 1.29 bits per heavy atom. The van der Waals surface area contributed by atoms with Crippen molar-refractivity contribution in [1.82, 2.24) is 4.98 Å². The number of hydrogen-bond donors (Lipinski definition) is 1. The van der Waals surface area contributed by atoms with Crippen LogP contribution in [0.3, 0.4) is 0 Å². The van der Waals surface area contributed by atoms with Gasteiger partial charge in [-0.15, -0.1) is 0 Å². The van der Waals surface area contributed by atoms with Crippen LogP contribution in [0.5, 0.6) is 0 Å². The highest BCUT2D eigenvalue weighted by molar-refractivity contribution is 5.96. The Bertz CT molecular complexity index is 787. The zero-order valence-electron chi connectivity index (χ0n) is 14.0. The SMILES string of the molecule is Cc1cc(C(N)=O)c(C[C@@H]2CC(=O)N(c3ccccc3)C2)nc1C. The lowest BCUT2D eigenvalue weighted by atomic mass is 9.97. The van der Waals surface area contributed by atoms with Crippen molar-refractivity contribution in [3.05, 3.63) is 58.9 Å². The normalized spacial score (nSPS) is 17.3. The van der Waals surface area contributed by atoms with Gasteiger partial charge in [-0.1, -0.05) is 18.2 Å². The van der Waals surface area contributed by atoms with E-state index >= 15 is 0 Å². The summed E-state index contributed by atoms with van der Waals surface area (Å²) in [7, 11) is 0. The van der Waals surface area contributed by atoms with E-state index in [0.29, 0.717) is 30.6 Å². The molecule has 0 saturated carbocycles. The van der Waals surface area contributed by atoms with E-state index in [1.165, 1.54) is 0 Å². The first-order chi connectivity index (χ1) is 11.5. The van der Waals surface area contributed by atoms with Crippen molar-refractivity contribution in [1.29, 1.82) is 0 Å². The van der Waals surface area contributed by atoms with E-state index in [-0.39, 0.29) is 11.8 Å². The van der Waals surface area contributed by atoms with Gasteiger partial charge in [0.2, 0.25) is 5.91 Å². The smallest absolute Gasteiger partial charge is 0.250 e. The Morgan fingerprint density at radius 3 is 2.67 bits per heavy atom. The van der Waals surface area contributed by atoms with E-state index in [1.807, 2.05) is 44.2 Å². The number of carbonyl (C=O) groups is 2. The molecule has 1 aromatic heterocycles. The van der Waals surface area contributed by atoms with Gasteiger partial charge in [0.1, 0.15) is 0 Å². The number of aromatic nitrogens is 1. The average Bonchev–Trinajstić information content (AvgIpc) is 2.91. The van der Waals surface area contributed by atoms with Gasteiger partial charge in [-0.25, -0.2) is 0 Å². The molecule has 1 fully saturated rings. The number of anilines is 1. The minimum absolute atomic E-state index is 0.107. The number of benzene rings is 1. The van der Waals surface area contributed by atoms with Crippen LogP contribution in [0.4, 0.5) is 5.69 Å². The maximum absolute atomic E-state index is 12.3. The van der Waals surface area contributed by atoms with Crippen molar-refractivity contribution in [3.63, 3.8) is 0 Å². The van der Waals surface area contributed by atoms with Crippen molar-refractivity contribution >= 4 is 17.5 Å². The topological polar surface area (TPSA) is 76.3 Å². The third-order valence-corrected chi connectivity index (χ3v) is 4.57. The van der Waals surface area contributed by atoms with Crippen molar-refractivity contribution in [3.8, 4) is 0 Å². The first kappa shape index (κ1) is 16.2. The molecule has 3 rings (SSSR count). The number of hydrogen-bond acceptors (Lipinski definition) is 3. The second-order valence-corrected chi connectivity index (χ2v) is 6.36. The summed E-state index contributed by atoms with van der Waals surface area (Å²) in [5.74, 6) is -0.231. The Kier molecular flexibility index (Phi) is 4.34. The van der Waals surface area contributed by atoms with E-state index in [1.54, 1.807) is 11.0 Å². The highest BCUT2D eigenvalue weighted by atomic mass is 16.2. The molecule has 0 radical (unpaired) electrons. The molecule has 5 heteroatoms. The van der Waals surface area contributed by atoms with Gasteiger partial charge in [-0.05, 0) is 49.9 Å². The van der Waals surface area contributed by atoms with Crippen molar-refractivity contribution in [2.45, 2.75) is 26.7 Å². The largest absolute Gasteiger partial charge is 0.366 e. The maximum Gasteiger partial charge on any atom is 0.250 e. The first-order valence-electron chi connectivity index (χ1n) is 8.08. The summed E-state index contributed by atoms with van der Waals surface area (Å²) in [5, 5.41) is 0. The Labute approximate surface area is 141 Å². The Morgan fingerprint density at radius 2 is 2.00 bits per heavy atom. The zero-order valence-corrected chi connectivity index (χ0v) is 14.0. The summed E-state index contributed by atoms with van der Waals surface area (Å²) in [4.78, 5) is 30.4. The fourth-order valence-electron chi connectivity index (χ4n) is 3.17. The van der Waals surface area contributed by atoms with Crippen molar-refractivity contribution in [2.24, 2.45) is 11.7 Å². The van der Waals surface area contributed by atoms with Crippen LogP contribution in [-0.4, -0.2) is 23.3 Å². The fraction of sp³-hybridized carbons (Fsp3) is 0.316. The highest BCUT2D eigenvalue weighted by Gasteiger charge is 2.31. The predicted octanol–water partition coefficient (Wildman–Crippen LogP) is 2.39. The number of rotatable bonds is 4. The number of aryl methyl sites for hydroxylation is 2. The quantitative estimate of drug-likeness (QED) is 0.938. The number of pyridine rings is 1. The molecular weight excluding hydrogens is 302 g/mol. The Hall–Kier alpha value is -2.69. The lowest BCUT2D eigenvalue weighted by Crippen LogP contribution is -2.25. The van der Waals surface area contributed by atoms with Crippen LogP contribution in [0.2, 0.25) is 0 Å². The number of carbonyl (C=O) groups excluding carboxylic acids is 2. The summed E-state index contributed by atoms with van der Waals surface area (Å²) < 4.78 is 0. The third-order valence-electron chi connectivity index (χ3n) is 4.57. The predicted molar refractivity (Wildman–Crippen MR) is 92.8 cm³/mol. The van der Waals surface area contributed by atoms with Gasteiger partial charge in [-0.3, -0.25) is 14.6 Å². The monoisotopic (exact) mass is 323 g/mol. The number of para-hydroxylation sites is 1. The number of primary amides is 1. The van der Waals surface area contributed by atoms with E-state index in [4.69, 9.17) is 5.73 Å². The minimum Gasteiger partial charge on any atom is -0.366 e.